The first-order valence-corrected chi connectivity index (χ1v) is 7.81. The number of nitrogens with zero attached hydrogens (tertiary/aromatic N) is 1. The fraction of sp³-hybridized carbons (Fsp3) is 0.556. The molecule has 7 heteroatoms. The van der Waals surface area contributed by atoms with Crippen molar-refractivity contribution in [3.8, 4) is 0 Å². The van der Waals surface area contributed by atoms with E-state index >= 15 is 0 Å². The summed E-state index contributed by atoms with van der Waals surface area (Å²) in [7, 11) is 0.0598. The molecule has 1 aromatic rings. The van der Waals surface area contributed by atoms with Gasteiger partial charge in [0, 0.05) is 20.1 Å². The van der Waals surface area contributed by atoms with Gasteiger partial charge in [0.15, 0.2) is 0 Å². The van der Waals surface area contributed by atoms with Gasteiger partial charge in [0.25, 0.3) is 10.0 Å². The summed E-state index contributed by atoms with van der Waals surface area (Å²) in [5.74, 6) is 0. The van der Waals surface area contributed by atoms with Crippen LogP contribution in [0.5, 0.6) is 0 Å². The maximum absolute atomic E-state index is 12.1. The maximum Gasteiger partial charge on any atom is 0.252 e. The lowest BCUT2D eigenvalue weighted by molar-refractivity contribution is 0.467. The van der Waals surface area contributed by atoms with Crippen LogP contribution in [0, 0.1) is 6.92 Å². The molecule has 16 heavy (non-hydrogen) atoms. The maximum atomic E-state index is 12.1. The number of rotatable bonds is 5. The molecule has 0 aliphatic heterocycles. The molecule has 1 rings (SSSR count). The number of hydrogen-bond donors (Lipinski definition) is 1. The van der Waals surface area contributed by atoms with Crippen LogP contribution < -0.4 is 5.32 Å². The average Bonchev–Trinajstić information content (AvgIpc) is 2.56. The Balaban J connectivity index is 2.93. The Labute approximate surface area is 109 Å². The minimum Gasteiger partial charge on any atom is -0.318 e. The Hall–Kier alpha value is 0.0500. The lowest BCUT2D eigenvalue weighted by atomic mass is 10.4. The van der Waals surface area contributed by atoms with E-state index in [1.165, 1.54) is 15.6 Å². The monoisotopic (exact) mass is 326 g/mol. The second-order valence-corrected chi connectivity index (χ2v) is 8.09. The molecule has 0 aromatic carbocycles. The van der Waals surface area contributed by atoms with E-state index in [4.69, 9.17) is 0 Å². The molecule has 92 valence electrons. The minimum atomic E-state index is -3.33. The van der Waals surface area contributed by atoms with Crippen LogP contribution in [0.3, 0.4) is 0 Å². The third-order valence-corrected chi connectivity index (χ3v) is 6.62. The second kappa shape index (κ2) is 5.59. The summed E-state index contributed by atoms with van der Waals surface area (Å²) in [6.07, 6.45) is 0. The smallest absolute Gasteiger partial charge is 0.252 e. The van der Waals surface area contributed by atoms with Gasteiger partial charge in [0.2, 0.25) is 0 Å². The van der Waals surface area contributed by atoms with Gasteiger partial charge in [-0.15, -0.1) is 11.3 Å². The number of sulfonamides is 1. The van der Waals surface area contributed by atoms with Crippen molar-refractivity contribution in [2.75, 3.05) is 27.2 Å². The predicted octanol–water partition coefficient (Wildman–Crippen LogP) is 1.66. The van der Waals surface area contributed by atoms with Gasteiger partial charge in [-0.25, -0.2) is 8.42 Å². The largest absolute Gasteiger partial charge is 0.318 e. The Kier molecular flexibility index (Phi) is 4.93. The van der Waals surface area contributed by atoms with Gasteiger partial charge in [-0.2, -0.15) is 4.31 Å². The summed E-state index contributed by atoms with van der Waals surface area (Å²) < 4.78 is 26.8. The summed E-state index contributed by atoms with van der Waals surface area (Å²) in [4.78, 5) is 0. The van der Waals surface area contributed by atoms with Gasteiger partial charge < -0.3 is 5.32 Å². The first-order chi connectivity index (χ1) is 7.39. The van der Waals surface area contributed by atoms with Gasteiger partial charge in [0.05, 0.1) is 3.79 Å². The van der Waals surface area contributed by atoms with Gasteiger partial charge in [-0.05, 0) is 41.5 Å². The van der Waals surface area contributed by atoms with Crippen LogP contribution in [0.15, 0.2) is 14.1 Å². The standard InChI is InChI=1S/C9H15BrN2O2S2/c1-7-6-8(15-9(7)10)16(13,14)12(3)5-4-11-2/h6,11H,4-5H2,1-3H3. The molecule has 0 aliphatic carbocycles. The number of halogens is 1. The highest BCUT2D eigenvalue weighted by Crippen LogP contribution is 2.31. The van der Waals surface area contributed by atoms with Crippen molar-refractivity contribution in [1.29, 1.82) is 0 Å². The van der Waals surface area contributed by atoms with Crippen molar-refractivity contribution in [3.63, 3.8) is 0 Å². The molecular formula is C9H15BrN2O2S2. The molecule has 4 nitrogen and oxygen atoms in total. The summed E-state index contributed by atoms with van der Waals surface area (Å²) in [5, 5.41) is 2.93. The van der Waals surface area contributed by atoms with Crippen molar-refractivity contribution in [3.05, 3.63) is 15.4 Å². The van der Waals surface area contributed by atoms with E-state index < -0.39 is 10.0 Å². The molecule has 1 N–H and O–H groups in total. The van der Waals surface area contributed by atoms with Crippen molar-refractivity contribution >= 4 is 37.3 Å². The fourth-order valence-electron chi connectivity index (χ4n) is 1.10. The van der Waals surface area contributed by atoms with Crippen LogP contribution in [0.25, 0.3) is 0 Å². The van der Waals surface area contributed by atoms with Gasteiger partial charge >= 0.3 is 0 Å². The van der Waals surface area contributed by atoms with Crippen LogP contribution in [0.4, 0.5) is 0 Å². The molecule has 1 aromatic heterocycles. The number of hydrogen-bond acceptors (Lipinski definition) is 4. The van der Waals surface area contributed by atoms with Crippen LogP contribution in [0.1, 0.15) is 5.56 Å². The quantitative estimate of drug-likeness (QED) is 0.895. The minimum absolute atomic E-state index is 0.385. The first kappa shape index (κ1) is 14.1. The molecule has 0 bridgehead atoms. The average molecular weight is 327 g/mol. The normalized spacial score (nSPS) is 12.3. The number of thiophene rings is 1. The first-order valence-electron chi connectivity index (χ1n) is 4.76. The summed E-state index contributed by atoms with van der Waals surface area (Å²) >= 11 is 4.58. The van der Waals surface area contributed by atoms with Gasteiger partial charge in [0.1, 0.15) is 4.21 Å². The van der Waals surface area contributed by atoms with E-state index in [0.29, 0.717) is 17.3 Å². The lowest BCUT2D eigenvalue weighted by Crippen LogP contribution is -2.32. The fourth-order valence-corrected chi connectivity index (χ4v) is 4.71. The summed E-state index contributed by atoms with van der Waals surface area (Å²) in [6.45, 7) is 2.99. The van der Waals surface area contributed by atoms with Gasteiger partial charge in [-0.1, -0.05) is 0 Å². The van der Waals surface area contributed by atoms with Crippen molar-refractivity contribution in [2.45, 2.75) is 11.1 Å². The van der Waals surface area contributed by atoms with E-state index in [-0.39, 0.29) is 0 Å². The molecule has 1 heterocycles. The lowest BCUT2D eigenvalue weighted by Gasteiger charge is -2.15. The summed E-state index contributed by atoms with van der Waals surface area (Å²) in [6, 6.07) is 1.69. The molecule has 0 atom stereocenters. The molecule has 0 saturated carbocycles. The highest BCUT2D eigenvalue weighted by Gasteiger charge is 2.23. The van der Waals surface area contributed by atoms with Crippen molar-refractivity contribution in [1.82, 2.24) is 9.62 Å². The van der Waals surface area contributed by atoms with E-state index in [1.54, 1.807) is 20.2 Å². The van der Waals surface area contributed by atoms with Crippen molar-refractivity contribution in [2.24, 2.45) is 0 Å². The zero-order chi connectivity index (χ0) is 12.3. The predicted molar refractivity (Wildman–Crippen MR) is 70.5 cm³/mol. The molecule has 0 aliphatic rings. The number of nitrogens with one attached hydrogen (secondary N) is 1. The Morgan fingerprint density at radius 2 is 2.19 bits per heavy atom. The van der Waals surface area contributed by atoms with E-state index in [0.717, 1.165) is 9.35 Å². The second-order valence-electron chi connectivity index (χ2n) is 3.45. The highest BCUT2D eigenvalue weighted by molar-refractivity contribution is 9.11. The van der Waals surface area contributed by atoms with Crippen molar-refractivity contribution < 1.29 is 8.42 Å². The van der Waals surface area contributed by atoms with Crippen LogP contribution in [-0.4, -0.2) is 39.9 Å². The van der Waals surface area contributed by atoms with E-state index in [1.807, 2.05) is 6.92 Å². The number of aryl methyl sites for hydroxylation is 1. The Morgan fingerprint density at radius 1 is 1.56 bits per heavy atom. The molecule has 0 unspecified atom stereocenters. The van der Waals surface area contributed by atoms with Crippen LogP contribution in [-0.2, 0) is 10.0 Å². The third kappa shape index (κ3) is 3.04. The van der Waals surface area contributed by atoms with E-state index in [2.05, 4.69) is 21.2 Å². The SMILES string of the molecule is CNCCN(C)S(=O)(=O)c1cc(C)c(Br)s1. The molecule has 0 spiro atoms. The third-order valence-electron chi connectivity index (χ3n) is 2.18. The highest BCUT2D eigenvalue weighted by atomic mass is 79.9. The Morgan fingerprint density at radius 3 is 2.62 bits per heavy atom. The topological polar surface area (TPSA) is 49.4 Å². The van der Waals surface area contributed by atoms with E-state index in [9.17, 15) is 8.42 Å². The van der Waals surface area contributed by atoms with Gasteiger partial charge in [-0.3, -0.25) is 0 Å². The molecular weight excluding hydrogens is 312 g/mol. The summed E-state index contributed by atoms with van der Waals surface area (Å²) in [5.41, 5.74) is 0.950. The zero-order valence-electron chi connectivity index (χ0n) is 9.45. The van der Waals surface area contributed by atoms with Crippen LogP contribution in [0.2, 0.25) is 0 Å². The zero-order valence-corrected chi connectivity index (χ0v) is 12.7. The van der Waals surface area contributed by atoms with Crippen LogP contribution >= 0.6 is 27.3 Å². The molecule has 0 radical (unpaired) electrons. The molecule has 0 saturated heterocycles. The molecule has 0 amide bonds. The Bertz CT molecular complexity index is 437. The number of likely N-dealkylation sites (N-methyl/N-ethyl adjacent to an activating group) is 2. The molecule has 0 fully saturated rings.